The molecule has 0 N–H and O–H groups in total. The molecule has 3 aromatic rings. The molecule has 0 spiro atoms. The summed E-state index contributed by atoms with van der Waals surface area (Å²) < 4.78 is 57.8. The first-order valence-corrected chi connectivity index (χ1v) is 10.3. The summed E-state index contributed by atoms with van der Waals surface area (Å²) in [5.74, 6) is -4.61. The Kier molecular flexibility index (Phi) is 6.97. The number of halogens is 4. The molecule has 3 rings (SSSR count). The van der Waals surface area contributed by atoms with Gasteiger partial charge in [0, 0.05) is 19.2 Å². The number of aromatic nitrogens is 2. The number of carbonyl (C=O) groups is 1. The normalized spacial score (nSPS) is 11.5. The number of benzene rings is 2. The summed E-state index contributed by atoms with van der Waals surface area (Å²) in [5.41, 5.74) is 0.216. The van der Waals surface area contributed by atoms with Crippen molar-refractivity contribution in [1.82, 2.24) is 14.5 Å². The summed E-state index contributed by atoms with van der Waals surface area (Å²) in [6.07, 6.45) is 1.34. The first kappa shape index (κ1) is 22.8. The summed E-state index contributed by atoms with van der Waals surface area (Å²) in [5, 5.41) is 0. The number of amides is 1. The van der Waals surface area contributed by atoms with Gasteiger partial charge in [-0.3, -0.25) is 4.79 Å². The molecule has 4 nitrogen and oxygen atoms in total. The van der Waals surface area contributed by atoms with Crippen LogP contribution in [0, 0.1) is 29.2 Å². The third-order valence-electron chi connectivity index (χ3n) is 5.09. The average molecular weight is 435 g/mol. The lowest BCUT2D eigenvalue weighted by molar-refractivity contribution is 0.0718. The van der Waals surface area contributed by atoms with Gasteiger partial charge in [0.25, 0.3) is 5.91 Å². The van der Waals surface area contributed by atoms with Crippen LogP contribution in [0.5, 0.6) is 0 Å². The van der Waals surface area contributed by atoms with Crippen LogP contribution in [0.4, 0.5) is 17.6 Å². The van der Waals surface area contributed by atoms with E-state index in [1.807, 2.05) is 25.3 Å². The number of carbonyl (C=O) groups excluding carboxylic acids is 1. The highest BCUT2D eigenvalue weighted by molar-refractivity contribution is 5.94. The van der Waals surface area contributed by atoms with E-state index >= 15 is 0 Å². The van der Waals surface area contributed by atoms with E-state index in [-0.39, 0.29) is 19.0 Å². The van der Waals surface area contributed by atoms with Crippen LogP contribution in [0.15, 0.2) is 30.3 Å². The van der Waals surface area contributed by atoms with E-state index in [2.05, 4.69) is 4.98 Å². The van der Waals surface area contributed by atoms with Crippen LogP contribution < -0.4 is 0 Å². The molecule has 0 aliphatic rings. The predicted molar refractivity (Wildman–Crippen MR) is 110 cm³/mol. The van der Waals surface area contributed by atoms with Gasteiger partial charge in [-0.2, -0.15) is 0 Å². The van der Waals surface area contributed by atoms with Crippen LogP contribution in [-0.4, -0.2) is 26.9 Å². The minimum Gasteiger partial charge on any atom is -0.331 e. The van der Waals surface area contributed by atoms with Crippen LogP contribution in [0.1, 0.15) is 49.8 Å². The number of rotatable bonds is 8. The zero-order valence-electron chi connectivity index (χ0n) is 17.8. The van der Waals surface area contributed by atoms with E-state index in [0.717, 1.165) is 12.5 Å². The monoisotopic (exact) mass is 435 g/mol. The predicted octanol–water partition coefficient (Wildman–Crippen LogP) is 5.69. The Bertz CT molecular complexity index is 1090. The lowest BCUT2D eigenvalue weighted by atomic mass is 10.1. The maximum atomic E-state index is 14.3. The third-order valence-corrected chi connectivity index (χ3v) is 5.09. The van der Waals surface area contributed by atoms with Crippen molar-refractivity contribution in [3.05, 3.63) is 65.0 Å². The van der Waals surface area contributed by atoms with Gasteiger partial charge in [-0.15, -0.1) is 0 Å². The topological polar surface area (TPSA) is 38.1 Å². The van der Waals surface area contributed by atoms with Gasteiger partial charge in [-0.1, -0.05) is 20.8 Å². The van der Waals surface area contributed by atoms with Crippen molar-refractivity contribution in [1.29, 1.82) is 0 Å². The lowest BCUT2D eigenvalue weighted by Crippen LogP contribution is -2.34. The second-order valence-electron chi connectivity index (χ2n) is 7.94. The molecule has 8 heteroatoms. The summed E-state index contributed by atoms with van der Waals surface area (Å²) in [4.78, 5) is 18.8. The molecule has 0 bridgehead atoms. The molecule has 0 aliphatic carbocycles. The molecule has 0 unspecified atom stereocenters. The standard InChI is InChI=1S/C23H25F4N3O/c1-4-10-30-19-8-5-15(24)12-18(19)28-20(30)13-29(11-9-14(2)3)23(31)21-16(25)6-7-17(26)22(21)27/h5-8,12,14H,4,9-11,13H2,1-3H3. The summed E-state index contributed by atoms with van der Waals surface area (Å²) >= 11 is 0. The van der Waals surface area contributed by atoms with Gasteiger partial charge in [0.05, 0.1) is 17.6 Å². The molecular formula is C23H25F4N3O. The summed E-state index contributed by atoms with van der Waals surface area (Å²) in [7, 11) is 0. The van der Waals surface area contributed by atoms with Gasteiger partial charge in [-0.25, -0.2) is 22.5 Å². The van der Waals surface area contributed by atoms with Crippen LogP contribution in [0.2, 0.25) is 0 Å². The molecule has 0 fully saturated rings. The van der Waals surface area contributed by atoms with Gasteiger partial charge in [0.2, 0.25) is 0 Å². The number of aryl methyl sites for hydroxylation is 1. The SMILES string of the molecule is CCCn1c(CN(CCC(C)C)C(=O)c2c(F)ccc(F)c2F)nc2cc(F)ccc21. The second kappa shape index (κ2) is 9.49. The molecule has 1 amide bonds. The van der Waals surface area contributed by atoms with Crippen molar-refractivity contribution in [2.45, 2.75) is 46.7 Å². The Balaban J connectivity index is 2.03. The average Bonchev–Trinajstić information content (AvgIpc) is 3.04. The molecule has 166 valence electrons. The van der Waals surface area contributed by atoms with E-state index in [4.69, 9.17) is 0 Å². The van der Waals surface area contributed by atoms with Gasteiger partial charge in [-0.05, 0) is 43.0 Å². The molecule has 0 atom stereocenters. The zero-order chi connectivity index (χ0) is 22.7. The van der Waals surface area contributed by atoms with Crippen LogP contribution >= 0.6 is 0 Å². The van der Waals surface area contributed by atoms with Crippen molar-refractivity contribution >= 4 is 16.9 Å². The molecule has 0 saturated heterocycles. The van der Waals surface area contributed by atoms with E-state index in [1.54, 1.807) is 6.07 Å². The lowest BCUT2D eigenvalue weighted by Gasteiger charge is -2.24. The molecule has 0 aliphatic heterocycles. The third kappa shape index (κ3) is 4.89. The maximum Gasteiger partial charge on any atom is 0.260 e. The van der Waals surface area contributed by atoms with Gasteiger partial charge in [0.1, 0.15) is 23.0 Å². The fourth-order valence-corrected chi connectivity index (χ4v) is 3.47. The highest BCUT2D eigenvalue weighted by atomic mass is 19.2. The molecular weight excluding hydrogens is 410 g/mol. The van der Waals surface area contributed by atoms with E-state index in [0.29, 0.717) is 35.9 Å². The second-order valence-corrected chi connectivity index (χ2v) is 7.94. The molecule has 1 heterocycles. The highest BCUT2D eigenvalue weighted by Crippen LogP contribution is 2.23. The Hall–Kier alpha value is -2.90. The first-order chi connectivity index (χ1) is 14.7. The fraction of sp³-hybridized carbons (Fsp3) is 0.391. The minimum atomic E-state index is -1.51. The van der Waals surface area contributed by atoms with E-state index in [1.165, 1.54) is 17.0 Å². The summed E-state index contributed by atoms with van der Waals surface area (Å²) in [6, 6.07) is 5.63. The van der Waals surface area contributed by atoms with Crippen molar-refractivity contribution in [2.24, 2.45) is 5.92 Å². The fourth-order valence-electron chi connectivity index (χ4n) is 3.47. The van der Waals surface area contributed by atoms with Crippen LogP contribution in [-0.2, 0) is 13.1 Å². The first-order valence-electron chi connectivity index (χ1n) is 10.3. The van der Waals surface area contributed by atoms with Gasteiger partial charge >= 0.3 is 0 Å². The minimum absolute atomic E-state index is 0.0444. The Morgan fingerprint density at radius 1 is 1.10 bits per heavy atom. The number of hydrogen-bond acceptors (Lipinski definition) is 2. The molecule has 0 saturated carbocycles. The highest BCUT2D eigenvalue weighted by Gasteiger charge is 2.27. The quantitative estimate of drug-likeness (QED) is 0.337. The van der Waals surface area contributed by atoms with Crippen LogP contribution in [0.3, 0.4) is 0 Å². The molecule has 1 aromatic heterocycles. The smallest absolute Gasteiger partial charge is 0.260 e. The number of hydrogen-bond donors (Lipinski definition) is 0. The molecule has 31 heavy (non-hydrogen) atoms. The van der Waals surface area contributed by atoms with Crippen molar-refractivity contribution < 1.29 is 22.4 Å². The molecule has 2 aromatic carbocycles. The number of imidazole rings is 1. The van der Waals surface area contributed by atoms with E-state index < -0.39 is 34.7 Å². The largest absolute Gasteiger partial charge is 0.331 e. The number of fused-ring (bicyclic) bond motifs is 1. The Labute approximate surface area is 178 Å². The maximum absolute atomic E-state index is 14.3. The molecule has 0 radical (unpaired) electrons. The number of nitrogens with zero attached hydrogens (tertiary/aromatic N) is 3. The van der Waals surface area contributed by atoms with Gasteiger partial charge < -0.3 is 9.47 Å². The summed E-state index contributed by atoms with van der Waals surface area (Å²) in [6.45, 7) is 6.62. The van der Waals surface area contributed by atoms with Crippen molar-refractivity contribution in [2.75, 3.05) is 6.54 Å². The van der Waals surface area contributed by atoms with Gasteiger partial charge in [0.15, 0.2) is 11.6 Å². The van der Waals surface area contributed by atoms with Crippen LogP contribution in [0.25, 0.3) is 11.0 Å². The zero-order valence-corrected chi connectivity index (χ0v) is 17.8. The van der Waals surface area contributed by atoms with E-state index in [9.17, 15) is 22.4 Å². The van der Waals surface area contributed by atoms with Crippen molar-refractivity contribution in [3.63, 3.8) is 0 Å². The Morgan fingerprint density at radius 3 is 2.48 bits per heavy atom. The van der Waals surface area contributed by atoms with Crippen molar-refractivity contribution in [3.8, 4) is 0 Å². The Morgan fingerprint density at radius 2 is 1.81 bits per heavy atom.